The van der Waals surface area contributed by atoms with E-state index in [1.807, 2.05) is 35.7 Å². The maximum atomic E-state index is 13.1. The quantitative estimate of drug-likeness (QED) is 0.446. The highest BCUT2D eigenvalue weighted by Crippen LogP contribution is 2.38. The van der Waals surface area contributed by atoms with Gasteiger partial charge < -0.3 is 5.32 Å². The summed E-state index contributed by atoms with van der Waals surface area (Å²) in [6.45, 7) is 0.355. The van der Waals surface area contributed by atoms with Crippen LogP contribution in [0.15, 0.2) is 57.4 Å². The molecule has 0 aliphatic carbocycles. The van der Waals surface area contributed by atoms with Gasteiger partial charge in [0.15, 0.2) is 0 Å². The van der Waals surface area contributed by atoms with E-state index in [0.717, 1.165) is 20.8 Å². The van der Waals surface area contributed by atoms with Gasteiger partial charge in [-0.15, -0.1) is 34.0 Å². The van der Waals surface area contributed by atoms with Crippen LogP contribution in [-0.4, -0.2) is 36.2 Å². The molecule has 1 aliphatic rings. The number of fused-ring (bicyclic) bond motifs is 1. The van der Waals surface area contributed by atoms with E-state index in [-0.39, 0.29) is 10.1 Å². The minimum atomic E-state index is -3.66. The Balaban J connectivity index is 1.40. The number of nitrogens with one attached hydrogen (secondary N) is 1. The van der Waals surface area contributed by atoms with Crippen LogP contribution in [0.4, 0.5) is 5.00 Å². The van der Waals surface area contributed by atoms with Gasteiger partial charge in [0.05, 0.1) is 10.2 Å². The van der Waals surface area contributed by atoms with E-state index in [0.29, 0.717) is 24.4 Å². The number of benzene rings is 1. The van der Waals surface area contributed by atoms with Gasteiger partial charge in [-0.25, -0.2) is 13.4 Å². The van der Waals surface area contributed by atoms with E-state index in [4.69, 9.17) is 0 Å². The first-order chi connectivity index (χ1) is 14.5. The number of rotatable bonds is 5. The van der Waals surface area contributed by atoms with Crippen molar-refractivity contribution in [2.75, 3.05) is 11.9 Å². The van der Waals surface area contributed by atoms with Gasteiger partial charge >= 0.3 is 0 Å². The molecule has 1 saturated heterocycles. The molecule has 0 spiro atoms. The van der Waals surface area contributed by atoms with Crippen molar-refractivity contribution in [2.24, 2.45) is 0 Å². The summed E-state index contributed by atoms with van der Waals surface area (Å²) >= 11 is 4.16. The summed E-state index contributed by atoms with van der Waals surface area (Å²) in [6, 6.07) is 12.4. The van der Waals surface area contributed by atoms with Crippen LogP contribution in [0, 0.1) is 0 Å². The van der Waals surface area contributed by atoms with Crippen LogP contribution in [0.3, 0.4) is 0 Å². The Morgan fingerprint density at radius 3 is 2.77 bits per heavy atom. The lowest BCUT2D eigenvalue weighted by Gasteiger charge is -2.22. The van der Waals surface area contributed by atoms with Gasteiger partial charge in [0.2, 0.25) is 5.91 Å². The fraction of sp³-hybridized carbons (Fsp3) is 0.200. The first-order valence-electron chi connectivity index (χ1n) is 9.34. The number of sulfonamides is 1. The molecule has 1 amide bonds. The molecule has 1 N–H and O–H groups in total. The number of thiazole rings is 1. The lowest BCUT2D eigenvalue weighted by molar-refractivity contribution is -0.119. The molecule has 1 aliphatic heterocycles. The van der Waals surface area contributed by atoms with Crippen molar-refractivity contribution in [3.05, 3.63) is 53.2 Å². The molecule has 4 heterocycles. The molecule has 0 bridgehead atoms. The van der Waals surface area contributed by atoms with Crippen LogP contribution < -0.4 is 5.32 Å². The third-order valence-corrected chi connectivity index (χ3v) is 10.2. The van der Waals surface area contributed by atoms with Gasteiger partial charge in [0.25, 0.3) is 10.0 Å². The number of amides is 1. The second-order valence-corrected chi connectivity index (χ2v) is 11.9. The first-order valence-corrected chi connectivity index (χ1v) is 13.4. The normalized spacial score (nSPS) is 17.5. The Morgan fingerprint density at radius 1 is 1.10 bits per heavy atom. The number of carbonyl (C=O) groups is 1. The van der Waals surface area contributed by atoms with Crippen LogP contribution in [0.5, 0.6) is 0 Å². The molecule has 1 unspecified atom stereocenters. The Kier molecular flexibility index (Phi) is 5.19. The predicted molar refractivity (Wildman–Crippen MR) is 123 cm³/mol. The molecule has 5 rings (SSSR count). The fourth-order valence-corrected chi connectivity index (χ4v) is 8.20. The van der Waals surface area contributed by atoms with Crippen molar-refractivity contribution >= 4 is 65.2 Å². The zero-order valence-corrected chi connectivity index (χ0v) is 18.9. The number of nitrogens with zero attached hydrogens (tertiary/aromatic N) is 2. The molecule has 1 aromatic carbocycles. The number of anilines is 1. The fourth-order valence-electron chi connectivity index (χ4n) is 3.57. The maximum absolute atomic E-state index is 13.1. The van der Waals surface area contributed by atoms with Gasteiger partial charge in [-0.1, -0.05) is 18.2 Å². The summed E-state index contributed by atoms with van der Waals surface area (Å²) in [7, 11) is -3.66. The molecule has 1 atom stereocenters. The minimum absolute atomic E-state index is 0.272. The van der Waals surface area contributed by atoms with Crippen molar-refractivity contribution in [1.29, 1.82) is 0 Å². The van der Waals surface area contributed by atoms with Gasteiger partial charge in [-0.3, -0.25) is 4.79 Å². The van der Waals surface area contributed by atoms with Crippen molar-refractivity contribution in [3.63, 3.8) is 0 Å². The highest BCUT2D eigenvalue weighted by Gasteiger charge is 2.40. The van der Waals surface area contributed by atoms with E-state index >= 15 is 0 Å². The SMILES string of the molecule is O=C(Nc1sccc1-c1nc2ccccc2s1)C1CCCN1S(=O)(=O)c1cccs1. The van der Waals surface area contributed by atoms with Crippen LogP contribution in [0.1, 0.15) is 12.8 Å². The molecule has 30 heavy (non-hydrogen) atoms. The van der Waals surface area contributed by atoms with E-state index in [1.165, 1.54) is 27.0 Å². The number of hydrogen-bond acceptors (Lipinski definition) is 7. The number of para-hydroxylation sites is 1. The second kappa shape index (κ2) is 7.86. The summed E-state index contributed by atoms with van der Waals surface area (Å²) in [5.41, 5.74) is 1.78. The second-order valence-electron chi connectivity index (χ2n) is 6.85. The van der Waals surface area contributed by atoms with Gasteiger partial charge in [0.1, 0.15) is 20.3 Å². The van der Waals surface area contributed by atoms with Crippen LogP contribution in [-0.2, 0) is 14.8 Å². The molecular formula is C20H17N3O3S4. The number of thiophene rings is 2. The van der Waals surface area contributed by atoms with Crippen molar-refractivity contribution in [1.82, 2.24) is 9.29 Å². The highest BCUT2D eigenvalue weighted by molar-refractivity contribution is 7.91. The molecule has 3 aromatic heterocycles. The third-order valence-electron chi connectivity index (χ3n) is 4.99. The molecule has 154 valence electrons. The number of aromatic nitrogens is 1. The summed E-state index contributed by atoms with van der Waals surface area (Å²) in [6.07, 6.45) is 1.18. The summed E-state index contributed by atoms with van der Waals surface area (Å²) in [5, 5.41) is 8.13. The predicted octanol–water partition coefficient (Wildman–Crippen LogP) is 4.88. The van der Waals surface area contributed by atoms with E-state index < -0.39 is 16.1 Å². The average Bonchev–Trinajstić information content (AvgIpc) is 3.54. The lowest BCUT2D eigenvalue weighted by atomic mass is 10.2. The lowest BCUT2D eigenvalue weighted by Crippen LogP contribution is -2.42. The maximum Gasteiger partial charge on any atom is 0.253 e. The topological polar surface area (TPSA) is 79.4 Å². The average molecular weight is 476 g/mol. The molecule has 6 nitrogen and oxygen atoms in total. The van der Waals surface area contributed by atoms with Gasteiger partial charge in [-0.05, 0) is 47.9 Å². The monoisotopic (exact) mass is 475 g/mol. The van der Waals surface area contributed by atoms with Crippen LogP contribution in [0.2, 0.25) is 0 Å². The van der Waals surface area contributed by atoms with Gasteiger partial charge in [0, 0.05) is 12.1 Å². The zero-order valence-electron chi connectivity index (χ0n) is 15.6. The number of hydrogen-bond donors (Lipinski definition) is 1. The van der Waals surface area contributed by atoms with Crippen molar-refractivity contribution in [2.45, 2.75) is 23.1 Å². The standard InChI is InChI=1S/C20H17N3O3S4/c24-18(15-6-3-10-23(15)30(25,26)17-8-4-11-27-17)22-19-13(9-12-28-19)20-21-14-5-1-2-7-16(14)29-20/h1-2,4-5,7-9,11-12,15H,3,6,10H2,(H,22,24). The van der Waals surface area contributed by atoms with E-state index in [1.54, 1.807) is 28.8 Å². The summed E-state index contributed by atoms with van der Waals surface area (Å²) in [5.74, 6) is -0.294. The molecule has 0 saturated carbocycles. The van der Waals surface area contributed by atoms with Gasteiger partial charge in [-0.2, -0.15) is 4.31 Å². The first kappa shape index (κ1) is 19.8. The molecule has 0 radical (unpaired) electrons. The van der Waals surface area contributed by atoms with Crippen molar-refractivity contribution < 1.29 is 13.2 Å². The van der Waals surface area contributed by atoms with Crippen molar-refractivity contribution in [3.8, 4) is 10.6 Å². The van der Waals surface area contributed by atoms with E-state index in [9.17, 15) is 13.2 Å². The molecular weight excluding hydrogens is 459 g/mol. The Bertz CT molecular complexity index is 1280. The minimum Gasteiger partial charge on any atom is -0.316 e. The van der Waals surface area contributed by atoms with Crippen LogP contribution >= 0.6 is 34.0 Å². The summed E-state index contributed by atoms with van der Waals surface area (Å²) in [4.78, 5) is 17.7. The largest absolute Gasteiger partial charge is 0.316 e. The number of carbonyl (C=O) groups excluding carboxylic acids is 1. The zero-order chi connectivity index (χ0) is 20.7. The Labute approximate surface area is 185 Å². The smallest absolute Gasteiger partial charge is 0.253 e. The summed E-state index contributed by atoms with van der Waals surface area (Å²) < 4.78 is 28.6. The van der Waals surface area contributed by atoms with E-state index in [2.05, 4.69) is 10.3 Å². The Morgan fingerprint density at radius 2 is 1.97 bits per heavy atom. The Hall–Kier alpha value is -2.11. The van der Waals surface area contributed by atoms with Crippen LogP contribution in [0.25, 0.3) is 20.8 Å². The molecule has 1 fully saturated rings. The highest BCUT2D eigenvalue weighted by atomic mass is 32.2. The molecule has 10 heteroatoms. The molecule has 4 aromatic rings. The third kappa shape index (κ3) is 3.48.